The van der Waals surface area contributed by atoms with Crippen molar-refractivity contribution >= 4 is 6.29 Å². The molecule has 0 spiro atoms. The number of carbonyl (C=O) groups excluding carboxylic acids is 1. The van der Waals surface area contributed by atoms with Crippen LogP contribution in [0.25, 0.3) is 0 Å². The molecule has 0 aliphatic heterocycles. The Hall–Kier alpha value is -0.410. The number of rotatable bonds is 4. The summed E-state index contributed by atoms with van der Waals surface area (Å²) in [5.74, 6) is 0. The number of hydrogen-bond acceptors (Lipinski definition) is 3. The highest BCUT2D eigenvalue weighted by Crippen LogP contribution is 1.63. The first-order chi connectivity index (χ1) is 5.41. The average Bonchev–Trinajstić information content (AvgIpc) is 2.13. The standard InChI is InChI=1S/C4H9NO2.2C2H6/c5-1-3-7-4-2-6;2*1-2/h2H,1,3-5H2;2*1-2H3. The highest BCUT2D eigenvalue weighted by molar-refractivity contribution is 5.50. The van der Waals surface area contributed by atoms with E-state index in [1.165, 1.54) is 0 Å². The summed E-state index contributed by atoms with van der Waals surface area (Å²) in [6.07, 6.45) is 0.704. The molecule has 0 aromatic carbocycles. The van der Waals surface area contributed by atoms with Crippen LogP contribution >= 0.6 is 0 Å². The zero-order valence-electron chi connectivity index (χ0n) is 8.09. The second-order valence-corrected chi connectivity index (χ2v) is 1.03. The number of nitrogens with two attached hydrogens (primary N) is 1. The van der Waals surface area contributed by atoms with E-state index in [2.05, 4.69) is 4.74 Å². The molecule has 0 heterocycles. The first kappa shape index (κ1) is 16.9. The van der Waals surface area contributed by atoms with E-state index in [1.54, 1.807) is 0 Å². The fourth-order valence-corrected chi connectivity index (χ4v) is 0.215. The third-order valence-corrected chi connectivity index (χ3v) is 0.448. The third-order valence-electron chi connectivity index (χ3n) is 0.448. The lowest BCUT2D eigenvalue weighted by Gasteiger charge is -1.91. The summed E-state index contributed by atoms with van der Waals surface area (Å²) in [5, 5.41) is 0. The van der Waals surface area contributed by atoms with Crippen molar-refractivity contribution in [1.29, 1.82) is 0 Å². The van der Waals surface area contributed by atoms with E-state index in [-0.39, 0.29) is 6.61 Å². The van der Waals surface area contributed by atoms with Crippen molar-refractivity contribution < 1.29 is 9.53 Å². The second-order valence-electron chi connectivity index (χ2n) is 1.03. The minimum absolute atomic E-state index is 0.164. The molecule has 0 aromatic heterocycles. The Morgan fingerprint density at radius 1 is 1.27 bits per heavy atom. The average molecular weight is 163 g/mol. The van der Waals surface area contributed by atoms with Crippen molar-refractivity contribution in [1.82, 2.24) is 0 Å². The van der Waals surface area contributed by atoms with Crippen molar-refractivity contribution in [3.63, 3.8) is 0 Å². The van der Waals surface area contributed by atoms with Crippen LogP contribution in [-0.4, -0.2) is 26.0 Å². The van der Waals surface area contributed by atoms with Crippen LogP contribution in [0.3, 0.4) is 0 Å². The van der Waals surface area contributed by atoms with Gasteiger partial charge in [-0.2, -0.15) is 0 Å². The lowest BCUT2D eigenvalue weighted by atomic mass is 10.7. The molecule has 3 nitrogen and oxygen atoms in total. The van der Waals surface area contributed by atoms with Crippen LogP contribution in [0.5, 0.6) is 0 Å². The topological polar surface area (TPSA) is 52.3 Å². The van der Waals surface area contributed by atoms with Gasteiger partial charge in [0.2, 0.25) is 0 Å². The van der Waals surface area contributed by atoms with Crippen LogP contribution in [0.2, 0.25) is 0 Å². The molecule has 0 saturated carbocycles. The first-order valence-corrected chi connectivity index (χ1v) is 4.13. The Morgan fingerprint density at radius 3 is 2.00 bits per heavy atom. The normalized spacial score (nSPS) is 6.64. The summed E-state index contributed by atoms with van der Waals surface area (Å²) in [4.78, 5) is 9.51. The van der Waals surface area contributed by atoms with E-state index in [0.29, 0.717) is 19.4 Å². The first-order valence-electron chi connectivity index (χ1n) is 4.13. The predicted molar refractivity (Wildman–Crippen MR) is 48.6 cm³/mol. The number of carbonyl (C=O) groups is 1. The molecule has 0 fully saturated rings. The van der Waals surface area contributed by atoms with Crippen molar-refractivity contribution in [2.45, 2.75) is 27.7 Å². The Morgan fingerprint density at radius 2 is 1.73 bits per heavy atom. The molecule has 0 saturated heterocycles. The Bertz CT molecular complexity index is 49.4. The maximum Gasteiger partial charge on any atom is 0.145 e. The van der Waals surface area contributed by atoms with E-state index in [1.807, 2.05) is 27.7 Å². The maximum atomic E-state index is 9.51. The van der Waals surface area contributed by atoms with Gasteiger partial charge >= 0.3 is 0 Å². The molecule has 0 aliphatic rings. The molecule has 0 radical (unpaired) electrons. The summed E-state index contributed by atoms with van der Waals surface area (Å²) < 4.78 is 4.64. The molecule has 70 valence electrons. The number of ether oxygens (including phenoxy) is 1. The molecule has 0 bridgehead atoms. The largest absolute Gasteiger partial charge is 0.373 e. The quantitative estimate of drug-likeness (QED) is 0.500. The molecular weight excluding hydrogens is 142 g/mol. The lowest BCUT2D eigenvalue weighted by Crippen LogP contribution is -2.09. The smallest absolute Gasteiger partial charge is 0.145 e. The Labute approximate surface area is 69.9 Å². The van der Waals surface area contributed by atoms with E-state index in [0.717, 1.165) is 0 Å². The summed E-state index contributed by atoms with van der Waals surface area (Å²) in [7, 11) is 0. The van der Waals surface area contributed by atoms with Gasteiger partial charge in [0.05, 0.1) is 6.61 Å². The van der Waals surface area contributed by atoms with Gasteiger partial charge in [-0.3, -0.25) is 0 Å². The minimum Gasteiger partial charge on any atom is -0.373 e. The Balaban J connectivity index is -0.000000138. The van der Waals surface area contributed by atoms with Gasteiger partial charge in [0.15, 0.2) is 0 Å². The molecule has 0 amide bonds. The van der Waals surface area contributed by atoms with Gasteiger partial charge in [0, 0.05) is 6.54 Å². The summed E-state index contributed by atoms with van der Waals surface area (Å²) in [6, 6.07) is 0. The van der Waals surface area contributed by atoms with Crippen molar-refractivity contribution in [2.24, 2.45) is 5.73 Å². The van der Waals surface area contributed by atoms with Crippen LogP contribution in [0, 0.1) is 0 Å². The van der Waals surface area contributed by atoms with E-state index in [4.69, 9.17) is 5.73 Å². The molecule has 0 rings (SSSR count). The third kappa shape index (κ3) is 42.9. The predicted octanol–water partition coefficient (Wildman–Crippen LogP) is 1.21. The zero-order valence-corrected chi connectivity index (χ0v) is 8.09. The second kappa shape index (κ2) is 33.6. The van der Waals surface area contributed by atoms with Gasteiger partial charge in [-0.15, -0.1) is 0 Å². The van der Waals surface area contributed by atoms with Gasteiger partial charge in [-0.25, -0.2) is 0 Å². The van der Waals surface area contributed by atoms with Gasteiger partial charge in [0.1, 0.15) is 12.9 Å². The SMILES string of the molecule is CC.CC.NCCOCC=O. The van der Waals surface area contributed by atoms with Gasteiger partial charge in [-0.1, -0.05) is 27.7 Å². The van der Waals surface area contributed by atoms with E-state index in [9.17, 15) is 4.79 Å². The zero-order chi connectivity index (χ0) is 9.54. The molecule has 0 atom stereocenters. The van der Waals surface area contributed by atoms with Crippen LogP contribution < -0.4 is 5.73 Å². The van der Waals surface area contributed by atoms with Crippen molar-refractivity contribution in [3.05, 3.63) is 0 Å². The van der Waals surface area contributed by atoms with Gasteiger partial charge in [-0.05, 0) is 0 Å². The molecule has 11 heavy (non-hydrogen) atoms. The van der Waals surface area contributed by atoms with Crippen molar-refractivity contribution in [2.75, 3.05) is 19.8 Å². The molecule has 3 heteroatoms. The highest BCUT2D eigenvalue weighted by Gasteiger charge is 1.77. The molecule has 0 unspecified atom stereocenters. The molecule has 0 aromatic rings. The maximum absolute atomic E-state index is 9.51. The molecule has 2 N–H and O–H groups in total. The van der Waals surface area contributed by atoms with Crippen LogP contribution in [0.15, 0.2) is 0 Å². The van der Waals surface area contributed by atoms with Crippen LogP contribution in [0.4, 0.5) is 0 Å². The summed E-state index contributed by atoms with van der Waals surface area (Å²) in [5.41, 5.74) is 5.03. The van der Waals surface area contributed by atoms with Gasteiger partial charge < -0.3 is 15.3 Å². The molecule has 0 aliphatic carbocycles. The van der Waals surface area contributed by atoms with Crippen LogP contribution in [0.1, 0.15) is 27.7 Å². The molecular formula is C8H21NO2. The van der Waals surface area contributed by atoms with Gasteiger partial charge in [0.25, 0.3) is 0 Å². The fourth-order valence-electron chi connectivity index (χ4n) is 0.215. The fraction of sp³-hybridized carbons (Fsp3) is 0.875. The summed E-state index contributed by atoms with van der Waals surface area (Å²) >= 11 is 0. The Kier molecular flexibility index (Phi) is 51.6. The van der Waals surface area contributed by atoms with Crippen LogP contribution in [-0.2, 0) is 9.53 Å². The lowest BCUT2D eigenvalue weighted by molar-refractivity contribution is -0.111. The van der Waals surface area contributed by atoms with E-state index < -0.39 is 0 Å². The minimum atomic E-state index is 0.164. The van der Waals surface area contributed by atoms with E-state index >= 15 is 0 Å². The monoisotopic (exact) mass is 163 g/mol. The summed E-state index contributed by atoms with van der Waals surface area (Å²) in [6.45, 7) is 9.11. The highest BCUT2D eigenvalue weighted by atomic mass is 16.5. The number of hydrogen-bond donors (Lipinski definition) is 1. The van der Waals surface area contributed by atoms with Crippen molar-refractivity contribution in [3.8, 4) is 0 Å². The number of aldehydes is 1.